The highest BCUT2D eigenvalue weighted by atomic mass is 28.4. The number of hydrogen-bond donors (Lipinski definition) is 1. The molecule has 0 saturated carbocycles. The van der Waals surface area contributed by atoms with Crippen LogP contribution in [0.5, 0.6) is 5.75 Å². The van der Waals surface area contributed by atoms with E-state index in [9.17, 15) is 4.79 Å². The lowest BCUT2D eigenvalue weighted by molar-refractivity contribution is -0.114. The fourth-order valence-corrected chi connectivity index (χ4v) is 10.3. The Labute approximate surface area is 329 Å². The minimum absolute atomic E-state index is 0.0600. The van der Waals surface area contributed by atoms with Gasteiger partial charge in [-0.05, 0) is 39.7 Å². The highest BCUT2D eigenvalue weighted by Crippen LogP contribution is 2.36. The molecule has 13 heteroatoms. The molecule has 3 aromatic carbocycles. The van der Waals surface area contributed by atoms with Crippen molar-refractivity contribution in [2.75, 3.05) is 124 Å². The lowest BCUT2D eigenvalue weighted by atomic mass is 10.2. The number of ether oxygens (including phenoxy) is 9. The number of carbonyl (C=O) groups excluding carboxylic acids is 1. The van der Waals surface area contributed by atoms with E-state index >= 15 is 0 Å². The molecule has 1 amide bonds. The van der Waals surface area contributed by atoms with Gasteiger partial charge >= 0.3 is 0 Å². The second-order valence-electron chi connectivity index (χ2n) is 13.5. The summed E-state index contributed by atoms with van der Waals surface area (Å²) in [6, 6.07) is 28.5. The van der Waals surface area contributed by atoms with Gasteiger partial charge in [0.25, 0.3) is 8.32 Å². The van der Waals surface area contributed by atoms with Crippen molar-refractivity contribution in [3.8, 4) is 5.75 Å². The smallest absolute Gasteiger partial charge is 0.261 e. The summed E-state index contributed by atoms with van der Waals surface area (Å²) in [6.45, 7) is 17.1. The maximum Gasteiger partial charge on any atom is 0.261 e. The van der Waals surface area contributed by atoms with E-state index in [2.05, 4.69) is 86.8 Å². The molecule has 55 heavy (non-hydrogen) atoms. The Balaban J connectivity index is 1.04. The molecule has 0 aliphatic heterocycles. The lowest BCUT2D eigenvalue weighted by Gasteiger charge is -2.43. The van der Waals surface area contributed by atoms with Crippen LogP contribution in [0.3, 0.4) is 0 Å². The van der Waals surface area contributed by atoms with Crippen molar-refractivity contribution in [2.24, 2.45) is 0 Å². The van der Waals surface area contributed by atoms with Gasteiger partial charge in [0, 0.05) is 12.6 Å². The van der Waals surface area contributed by atoms with Crippen LogP contribution in [0.15, 0.2) is 84.9 Å². The summed E-state index contributed by atoms with van der Waals surface area (Å²) in [7, 11) is -2.54. The maximum absolute atomic E-state index is 11.1. The first-order valence-corrected chi connectivity index (χ1v) is 21.1. The molecule has 0 bridgehead atoms. The van der Waals surface area contributed by atoms with Crippen LogP contribution in [-0.4, -0.2) is 133 Å². The Bertz CT molecular complexity index is 1340. The van der Waals surface area contributed by atoms with Gasteiger partial charge in [-0.3, -0.25) is 4.79 Å². The van der Waals surface area contributed by atoms with Crippen molar-refractivity contribution in [2.45, 2.75) is 32.7 Å². The van der Waals surface area contributed by atoms with Crippen LogP contribution >= 0.6 is 0 Å². The van der Waals surface area contributed by atoms with E-state index in [0.717, 1.165) is 11.4 Å². The Morgan fingerprint density at radius 1 is 0.473 bits per heavy atom. The van der Waals surface area contributed by atoms with Gasteiger partial charge in [0.05, 0.1) is 112 Å². The molecule has 0 radical (unpaired) electrons. The summed E-state index contributed by atoms with van der Waals surface area (Å²) in [4.78, 5) is 11.1. The lowest BCUT2D eigenvalue weighted by Crippen LogP contribution is -2.66. The van der Waals surface area contributed by atoms with Gasteiger partial charge in [-0.1, -0.05) is 81.4 Å². The third kappa shape index (κ3) is 19.0. The largest absolute Gasteiger partial charge is 0.491 e. The second kappa shape index (κ2) is 28.2. The number of hydrogen-bond acceptors (Lipinski definition) is 11. The third-order valence-corrected chi connectivity index (χ3v) is 13.3. The minimum Gasteiger partial charge on any atom is -0.491 e. The second-order valence-corrected chi connectivity index (χ2v) is 17.8. The summed E-state index contributed by atoms with van der Waals surface area (Å²) >= 11 is 0. The highest BCUT2D eigenvalue weighted by molar-refractivity contribution is 6.99. The molecule has 3 aromatic rings. The minimum atomic E-state index is -2.54. The van der Waals surface area contributed by atoms with Crippen LogP contribution in [0.25, 0.3) is 0 Å². The van der Waals surface area contributed by atoms with E-state index in [-0.39, 0.29) is 10.9 Å². The molecule has 0 saturated heterocycles. The fraction of sp³-hybridized carbons (Fsp3) is 0.548. The van der Waals surface area contributed by atoms with Crippen molar-refractivity contribution >= 4 is 30.3 Å². The summed E-state index contributed by atoms with van der Waals surface area (Å²) in [5.41, 5.74) is 0.732. The van der Waals surface area contributed by atoms with E-state index in [1.54, 1.807) is 24.3 Å². The summed E-state index contributed by atoms with van der Waals surface area (Å²) in [6.07, 6.45) is 0. The van der Waals surface area contributed by atoms with Crippen molar-refractivity contribution in [3.05, 3.63) is 84.9 Å². The predicted octanol–water partition coefficient (Wildman–Crippen LogP) is 4.73. The SMILES string of the molecule is CC(=O)Nc1ccc(OCCOCCOCCOCCOCCOCCOCCOCCOCCO[Si](c2ccccc2)(c2ccccc2)C(C)(C)C)cc1. The molecule has 0 aliphatic rings. The van der Waals surface area contributed by atoms with E-state index in [1.807, 2.05) is 0 Å². The maximum atomic E-state index is 11.1. The van der Waals surface area contributed by atoms with Crippen LogP contribution in [0.1, 0.15) is 27.7 Å². The summed E-state index contributed by atoms with van der Waals surface area (Å²) < 4.78 is 57.2. The standard InChI is InChI=1S/C42H63NO11Si/c1-37(44)43-38-15-17-39(18-16-38)53-35-33-51-31-29-49-27-25-47-23-21-45-19-20-46-22-24-48-26-28-50-30-32-52-34-36-54-55(42(2,3)4,40-11-7-5-8-12-40)41-13-9-6-10-14-41/h5-18H,19-36H2,1-4H3,(H,43,44). The number of nitrogens with one attached hydrogen (secondary N) is 1. The van der Waals surface area contributed by atoms with Gasteiger partial charge in [-0.2, -0.15) is 0 Å². The monoisotopic (exact) mass is 785 g/mol. The van der Waals surface area contributed by atoms with Gasteiger partial charge < -0.3 is 52.4 Å². The Morgan fingerprint density at radius 2 is 0.800 bits per heavy atom. The van der Waals surface area contributed by atoms with Crippen LogP contribution in [-0.2, 0) is 47.1 Å². The Hall–Kier alpha value is -3.21. The zero-order valence-electron chi connectivity index (χ0n) is 33.3. The van der Waals surface area contributed by atoms with E-state index in [0.29, 0.717) is 119 Å². The Kier molecular flexibility index (Phi) is 23.7. The Morgan fingerprint density at radius 3 is 1.13 bits per heavy atom. The van der Waals surface area contributed by atoms with Crippen LogP contribution in [0.2, 0.25) is 5.04 Å². The first-order valence-electron chi connectivity index (χ1n) is 19.2. The molecule has 0 fully saturated rings. The molecule has 12 nitrogen and oxygen atoms in total. The van der Waals surface area contributed by atoms with E-state index in [1.165, 1.54) is 17.3 Å². The molecule has 306 valence electrons. The number of anilines is 1. The number of rotatable bonds is 32. The quantitative estimate of drug-likeness (QED) is 0.0699. The average molecular weight is 786 g/mol. The molecule has 0 spiro atoms. The van der Waals surface area contributed by atoms with Gasteiger partial charge in [-0.25, -0.2) is 0 Å². The topological polar surface area (TPSA) is 121 Å². The number of benzene rings is 3. The van der Waals surface area contributed by atoms with Gasteiger partial charge in [0.2, 0.25) is 5.91 Å². The molecule has 1 N–H and O–H groups in total. The van der Waals surface area contributed by atoms with Gasteiger partial charge in [-0.15, -0.1) is 0 Å². The molecular formula is C42H63NO11Si. The fourth-order valence-electron chi connectivity index (χ4n) is 5.71. The van der Waals surface area contributed by atoms with Crippen LogP contribution in [0.4, 0.5) is 5.69 Å². The molecule has 0 atom stereocenters. The zero-order valence-corrected chi connectivity index (χ0v) is 34.3. The highest BCUT2D eigenvalue weighted by Gasteiger charge is 2.50. The van der Waals surface area contributed by atoms with Crippen LogP contribution < -0.4 is 20.4 Å². The number of amides is 1. The first kappa shape index (κ1) is 46.2. The molecular weight excluding hydrogens is 723 g/mol. The first-order chi connectivity index (χ1) is 26.8. The molecule has 0 unspecified atom stereocenters. The third-order valence-electron chi connectivity index (χ3n) is 8.24. The van der Waals surface area contributed by atoms with E-state index < -0.39 is 8.32 Å². The van der Waals surface area contributed by atoms with Gasteiger partial charge in [0.15, 0.2) is 0 Å². The summed E-state index contributed by atoms with van der Waals surface area (Å²) in [5.74, 6) is 0.610. The summed E-state index contributed by atoms with van der Waals surface area (Å²) in [5, 5.41) is 5.18. The predicted molar refractivity (Wildman–Crippen MR) is 216 cm³/mol. The zero-order chi connectivity index (χ0) is 39.3. The molecule has 0 aromatic heterocycles. The van der Waals surface area contributed by atoms with Crippen molar-refractivity contribution in [3.63, 3.8) is 0 Å². The van der Waals surface area contributed by atoms with Crippen molar-refractivity contribution < 1.29 is 51.9 Å². The molecule has 0 heterocycles. The number of carbonyl (C=O) groups is 1. The normalized spacial score (nSPS) is 11.9. The molecule has 3 rings (SSSR count). The average Bonchev–Trinajstić information content (AvgIpc) is 3.18. The van der Waals surface area contributed by atoms with Crippen molar-refractivity contribution in [1.29, 1.82) is 0 Å². The van der Waals surface area contributed by atoms with Crippen LogP contribution in [0, 0.1) is 0 Å². The van der Waals surface area contributed by atoms with Gasteiger partial charge in [0.1, 0.15) is 12.4 Å². The van der Waals surface area contributed by atoms with Crippen molar-refractivity contribution in [1.82, 2.24) is 0 Å². The van der Waals surface area contributed by atoms with E-state index in [4.69, 9.17) is 47.1 Å². The molecule has 0 aliphatic carbocycles.